The number of nitrogens with zero attached hydrogens (tertiary/aromatic N) is 2. The van der Waals surface area contributed by atoms with Gasteiger partial charge in [-0.15, -0.1) is 0 Å². The Hall–Kier alpha value is -1.69. The molecule has 0 unspecified atom stereocenters. The molecule has 0 aliphatic rings. The van der Waals surface area contributed by atoms with Gasteiger partial charge in [-0.05, 0) is 12.1 Å². The van der Waals surface area contributed by atoms with Crippen LogP contribution < -0.4 is 0 Å². The molecule has 1 heterocycles. The molecule has 1 rings (SSSR count). The van der Waals surface area contributed by atoms with E-state index >= 15 is 0 Å². The second kappa shape index (κ2) is 3.71. The van der Waals surface area contributed by atoms with Gasteiger partial charge in [0.1, 0.15) is 6.07 Å². The molecule has 0 radical (unpaired) electrons. The Bertz CT molecular complexity index is 559. The van der Waals surface area contributed by atoms with E-state index in [0.717, 1.165) is 6.07 Å². The molecule has 86 valence electrons. The maximum Gasteiger partial charge on any atom is 0.419 e. The molecule has 0 saturated heterocycles. The summed E-state index contributed by atoms with van der Waals surface area (Å²) in [5, 5.41) is 7.12. The lowest BCUT2D eigenvalue weighted by Gasteiger charge is -2.07. The van der Waals surface area contributed by atoms with Gasteiger partial charge in [-0.3, -0.25) is 0 Å². The van der Waals surface area contributed by atoms with Crippen LogP contribution in [0.25, 0.3) is 0 Å². The standard InChI is InChI=1S/C7H2F4N2O2S/c8-7(9,10)4-1-2-6(16(11,14)15)13-5(4)3-12/h1-2H. The highest BCUT2D eigenvalue weighted by Crippen LogP contribution is 2.31. The summed E-state index contributed by atoms with van der Waals surface area (Å²) in [6, 6.07) is 1.69. The van der Waals surface area contributed by atoms with E-state index < -0.39 is 32.7 Å². The Labute approximate surface area is 87.4 Å². The minimum atomic E-state index is -5.23. The van der Waals surface area contributed by atoms with Crippen molar-refractivity contribution in [2.75, 3.05) is 0 Å². The van der Waals surface area contributed by atoms with Gasteiger partial charge in [0, 0.05) is 0 Å². The van der Waals surface area contributed by atoms with Crippen LogP contribution in [0.4, 0.5) is 17.1 Å². The van der Waals surface area contributed by atoms with Crippen LogP contribution in [0.2, 0.25) is 0 Å². The highest BCUT2D eigenvalue weighted by atomic mass is 32.3. The van der Waals surface area contributed by atoms with Crippen molar-refractivity contribution in [1.29, 1.82) is 5.26 Å². The molecule has 0 aliphatic carbocycles. The molecule has 1 aromatic heterocycles. The van der Waals surface area contributed by atoms with Gasteiger partial charge in [0.05, 0.1) is 5.56 Å². The summed E-state index contributed by atoms with van der Waals surface area (Å²) in [6.07, 6.45) is -4.85. The molecule has 0 atom stereocenters. The third-order valence-electron chi connectivity index (χ3n) is 1.53. The summed E-state index contributed by atoms with van der Waals surface area (Å²) in [5.41, 5.74) is -2.60. The van der Waals surface area contributed by atoms with Crippen molar-refractivity contribution >= 4 is 10.2 Å². The first-order chi connectivity index (χ1) is 7.16. The zero-order chi connectivity index (χ0) is 12.6. The zero-order valence-electron chi connectivity index (χ0n) is 7.29. The average molecular weight is 254 g/mol. The first-order valence-electron chi connectivity index (χ1n) is 3.59. The largest absolute Gasteiger partial charge is 0.419 e. The summed E-state index contributed by atoms with van der Waals surface area (Å²) < 4.78 is 69.8. The molecule has 0 saturated carbocycles. The highest BCUT2D eigenvalue weighted by molar-refractivity contribution is 7.86. The van der Waals surface area contributed by atoms with Crippen LogP contribution in [0.3, 0.4) is 0 Å². The van der Waals surface area contributed by atoms with Crippen LogP contribution >= 0.6 is 0 Å². The number of hydrogen-bond acceptors (Lipinski definition) is 4. The fraction of sp³-hybridized carbons (Fsp3) is 0.143. The Balaban J connectivity index is 3.48. The number of rotatable bonds is 1. The smallest absolute Gasteiger partial charge is 0.222 e. The van der Waals surface area contributed by atoms with Gasteiger partial charge in [-0.2, -0.15) is 26.9 Å². The van der Waals surface area contributed by atoms with Gasteiger partial charge in [-0.25, -0.2) is 4.98 Å². The minimum absolute atomic E-state index is 0.290. The quantitative estimate of drug-likeness (QED) is 0.564. The molecule has 1 aromatic rings. The maximum absolute atomic E-state index is 12.4. The number of nitriles is 1. The van der Waals surface area contributed by atoms with Crippen LogP contribution in [0.15, 0.2) is 17.2 Å². The van der Waals surface area contributed by atoms with Crippen LogP contribution in [-0.2, 0) is 16.4 Å². The molecule has 4 nitrogen and oxygen atoms in total. The van der Waals surface area contributed by atoms with E-state index in [-0.39, 0.29) is 6.07 Å². The van der Waals surface area contributed by atoms with Crippen molar-refractivity contribution in [1.82, 2.24) is 4.98 Å². The molecule has 0 aliphatic heterocycles. The normalized spacial score (nSPS) is 12.2. The molecular formula is C7H2F4N2O2S. The van der Waals surface area contributed by atoms with E-state index in [1.165, 1.54) is 0 Å². The fourth-order valence-corrected chi connectivity index (χ4v) is 1.32. The number of hydrogen-bond donors (Lipinski definition) is 0. The lowest BCUT2D eigenvalue weighted by atomic mass is 10.2. The van der Waals surface area contributed by atoms with Gasteiger partial charge in [-0.1, -0.05) is 3.89 Å². The SMILES string of the molecule is N#Cc1nc(S(=O)(=O)F)ccc1C(F)(F)F. The molecule has 0 N–H and O–H groups in total. The van der Waals surface area contributed by atoms with Crippen molar-refractivity contribution in [3.63, 3.8) is 0 Å². The highest BCUT2D eigenvalue weighted by Gasteiger charge is 2.35. The van der Waals surface area contributed by atoms with Gasteiger partial charge >= 0.3 is 16.4 Å². The predicted molar refractivity (Wildman–Crippen MR) is 42.2 cm³/mol. The fourth-order valence-electron chi connectivity index (χ4n) is 0.891. The third kappa shape index (κ3) is 2.46. The average Bonchev–Trinajstić information content (AvgIpc) is 2.14. The Morgan fingerprint density at radius 3 is 2.25 bits per heavy atom. The van der Waals surface area contributed by atoms with Crippen molar-refractivity contribution in [2.24, 2.45) is 0 Å². The van der Waals surface area contributed by atoms with Crippen molar-refractivity contribution in [2.45, 2.75) is 11.2 Å². The second-order valence-electron chi connectivity index (χ2n) is 2.59. The van der Waals surface area contributed by atoms with E-state index in [1.807, 2.05) is 0 Å². The molecule has 0 fully saturated rings. The summed E-state index contributed by atoms with van der Waals surface area (Å²) in [7, 11) is -5.23. The molecule has 0 bridgehead atoms. The summed E-state index contributed by atoms with van der Waals surface area (Å²) in [4.78, 5) is 2.78. The lowest BCUT2D eigenvalue weighted by Crippen LogP contribution is -2.11. The molecule has 0 amide bonds. The van der Waals surface area contributed by atoms with E-state index in [2.05, 4.69) is 4.98 Å². The van der Waals surface area contributed by atoms with Crippen LogP contribution in [-0.4, -0.2) is 13.4 Å². The molecule has 0 spiro atoms. The molecular weight excluding hydrogens is 252 g/mol. The van der Waals surface area contributed by atoms with E-state index in [4.69, 9.17) is 5.26 Å². The van der Waals surface area contributed by atoms with Crippen LogP contribution in [0, 0.1) is 11.3 Å². The first-order valence-corrected chi connectivity index (χ1v) is 4.97. The van der Waals surface area contributed by atoms with E-state index in [9.17, 15) is 25.5 Å². The van der Waals surface area contributed by atoms with Gasteiger partial charge in [0.25, 0.3) is 0 Å². The molecule has 9 heteroatoms. The Morgan fingerprint density at radius 2 is 1.88 bits per heavy atom. The number of alkyl halides is 3. The third-order valence-corrected chi connectivity index (χ3v) is 2.26. The Morgan fingerprint density at radius 1 is 1.31 bits per heavy atom. The Kier molecular flexibility index (Phi) is 2.87. The first kappa shape index (κ1) is 12.4. The number of pyridine rings is 1. The second-order valence-corrected chi connectivity index (χ2v) is 3.89. The van der Waals surface area contributed by atoms with Crippen LogP contribution in [0.1, 0.15) is 11.3 Å². The molecule has 0 aromatic carbocycles. The van der Waals surface area contributed by atoms with Gasteiger partial charge < -0.3 is 0 Å². The van der Waals surface area contributed by atoms with E-state index in [0.29, 0.717) is 6.07 Å². The molecule has 16 heavy (non-hydrogen) atoms. The number of aromatic nitrogens is 1. The van der Waals surface area contributed by atoms with Crippen molar-refractivity contribution in [3.8, 4) is 6.07 Å². The van der Waals surface area contributed by atoms with Crippen molar-refractivity contribution in [3.05, 3.63) is 23.4 Å². The summed E-state index contributed by atoms with van der Waals surface area (Å²) in [5.74, 6) is 0. The lowest BCUT2D eigenvalue weighted by molar-refractivity contribution is -0.138. The van der Waals surface area contributed by atoms with Crippen molar-refractivity contribution < 1.29 is 25.5 Å². The summed E-state index contributed by atoms with van der Waals surface area (Å²) in [6.45, 7) is 0. The summed E-state index contributed by atoms with van der Waals surface area (Å²) >= 11 is 0. The topological polar surface area (TPSA) is 70.8 Å². The zero-order valence-corrected chi connectivity index (χ0v) is 8.10. The van der Waals surface area contributed by atoms with Crippen LogP contribution in [0.5, 0.6) is 0 Å². The minimum Gasteiger partial charge on any atom is -0.222 e. The van der Waals surface area contributed by atoms with Gasteiger partial charge in [0.2, 0.25) is 0 Å². The number of halogens is 4. The van der Waals surface area contributed by atoms with Gasteiger partial charge in [0.15, 0.2) is 10.7 Å². The predicted octanol–water partition coefficient (Wildman–Crippen LogP) is 1.63. The monoisotopic (exact) mass is 254 g/mol. The maximum atomic E-state index is 12.4. The van der Waals surface area contributed by atoms with E-state index in [1.54, 1.807) is 0 Å².